The Hall–Kier alpha value is -1.81. The third-order valence-electron chi connectivity index (χ3n) is 4.30. The number of nitrogens with zero attached hydrogens (tertiary/aromatic N) is 2. The quantitative estimate of drug-likeness (QED) is 0.939. The highest BCUT2D eigenvalue weighted by Crippen LogP contribution is 2.28. The van der Waals surface area contributed by atoms with E-state index in [0.29, 0.717) is 12.1 Å². The number of aromatic nitrogens is 2. The molecule has 3 rings (SSSR count). The second-order valence-electron chi connectivity index (χ2n) is 5.89. The number of piperidine rings is 1. The molecule has 0 spiro atoms. The highest BCUT2D eigenvalue weighted by atomic mass is 16.5. The van der Waals surface area contributed by atoms with Crippen LogP contribution in [0.3, 0.4) is 0 Å². The molecule has 1 aromatic heterocycles. The minimum Gasteiger partial charge on any atom is -0.496 e. The third-order valence-corrected chi connectivity index (χ3v) is 4.30. The van der Waals surface area contributed by atoms with Crippen molar-refractivity contribution >= 4 is 0 Å². The van der Waals surface area contributed by atoms with Crippen LogP contribution < -0.4 is 10.1 Å². The van der Waals surface area contributed by atoms with E-state index < -0.39 is 0 Å². The molecule has 1 N–H and O–H groups in total. The zero-order chi connectivity index (χ0) is 14.8. The molecule has 4 heteroatoms. The molecule has 0 saturated carbocycles. The normalized spacial score (nSPS) is 22.2. The van der Waals surface area contributed by atoms with Gasteiger partial charge in [0.2, 0.25) is 0 Å². The first-order valence-electron chi connectivity index (χ1n) is 7.62. The summed E-state index contributed by atoms with van der Waals surface area (Å²) in [6, 6.07) is 7.22. The maximum absolute atomic E-state index is 5.34. The molecule has 0 bridgehead atoms. The minimum absolute atomic E-state index is 0.388. The average molecular weight is 285 g/mol. The van der Waals surface area contributed by atoms with Gasteiger partial charge in [-0.15, -0.1) is 0 Å². The second-order valence-corrected chi connectivity index (χ2v) is 5.89. The van der Waals surface area contributed by atoms with Gasteiger partial charge in [-0.05, 0) is 56.9 Å². The molecule has 21 heavy (non-hydrogen) atoms. The van der Waals surface area contributed by atoms with Crippen molar-refractivity contribution in [3.8, 4) is 11.4 Å². The molecule has 0 radical (unpaired) electrons. The number of nitrogens with one attached hydrogen (secondary N) is 1. The third kappa shape index (κ3) is 2.81. The lowest BCUT2D eigenvalue weighted by atomic mass is 9.97. The predicted molar refractivity (Wildman–Crippen MR) is 84.0 cm³/mol. The highest BCUT2D eigenvalue weighted by molar-refractivity contribution is 5.44. The fourth-order valence-electron chi connectivity index (χ4n) is 3.16. The van der Waals surface area contributed by atoms with Crippen molar-refractivity contribution in [3.63, 3.8) is 0 Å². The maximum atomic E-state index is 5.34. The number of methoxy groups -OCH3 is 1. The summed E-state index contributed by atoms with van der Waals surface area (Å²) in [7, 11) is 1.71. The maximum Gasteiger partial charge on any atom is 0.121 e. The molecule has 2 unspecified atom stereocenters. The second kappa shape index (κ2) is 5.90. The molecule has 2 heterocycles. The molecule has 1 fully saturated rings. The number of ether oxygens (including phenoxy) is 1. The van der Waals surface area contributed by atoms with Gasteiger partial charge in [0.25, 0.3) is 0 Å². The molecule has 1 aliphatic rings. The van der Waals surface area contributed by atoms with E-state index in [2.05, 4.69) is 40.8 Å². The van der Waals surface area contributed by atoms with E-state index >= 15 is 0 Å². The van der Waals surface area contributed by atoms with Gasteiger partial charge in [0.15, 0.2) is 0 Å². The van der Waals surface area contributed by atoms with Crippen molar-refractivity contribution in [1.82, 2.24) is 14.9 Å². The molecular weight excluding hydrogens is 262 g/mol. The SMILES string of the molecule is COc1ccc(-n2cncc2C2CCCC(C)N2)cc1C. The minimum atomic E-state index is 0.388. The summed E-state index contributed by atoms with van der Waals surface area (Å²) in [6.45, 7) is 4.32. The van der Waals surface area contributed by atoms with Crippen LogP contribution in [-0.2, 0) is 0 Å². The molecule has 2 aromatic rings. The van der Waals surface area contributed by atoms with Crippen LogP contribution >= 0.6 is 0 Å². The standard InChI is InChI=1S/C17H23N3O/c1-12-9-14(7-8-17(12)21-3)20-11-18-10-16(20)15-6-4-5-13(2)19-15/h7-11,13,15,19H,4-6H2,1-3H3. The molecule has 1 saturated heterocycles. The van der Waals surface area contributed by atoms with Crippen molar-refractivity contribution < 1.29 is 4.74 Å². The van der Waals surface area contributed by atoms with Gasteiger partial charge < -0.3 is 14.6 Å². The van der Waals surface area contributed by atoms with Crippen molar-refractivity contribution in [3.05, 3.63) is 42.0 Å². The summed E-state index contributed by atoms with van der Waals surface area (Å²) in [6.07, 6.45) is 7.58. The van der Waals surface area contributed by atoms with Crippen molar-refractivity contribution in [2.75, 3.05) is 7.11 Å². The molecule has 2 atom stereocenters. The first-order chi connectivity index (χ1) is 10.2. The fraction of sp³-hybridized carbons (Fsp3) is 0.471. The van der Waals surface area contributed by atoms with Gasteiger partial charge >= 0.3 is 0 Å². The van der Waals surface area contributed by atoms with Crippen molar-refractivity contribution in [2.45, 2.75) is 45.2 Å². The zero-order valence-corrected chi connectivity index (χ0v) is 13.0. The van der Waals surface area contributed by atoms with Gasteiger partial charge in [-0.3, -0.25) is 0 Å². The van der Waals surface area contributed by atoms with Crippen LogP contribution in [-0.4, -0.2) is 22.7 Å². The van der Waals surface area contributed by atoms with E-state index in [-0.39, 0.29) is 0 Å². The lowest BCUT2D eigenvalue weighted by molar-refractivity contribution is 0.334. The van der Waals surface area contributed by atoms with E-state index in [1.54, 1.807) is 7.11 Å². The average Bonchev–Trinajstić information content (AvgIpc) is 2.96. The Balaban J connectivity index is 1.93. The molecular formula is C17H23N3O. The number of hydrogen-bond acceptors (Lipinski definition) is 3. The Labute approximate surface area is 126 Å². The molecule has 1 aliphatic heterocycles. The summed E-state index contributed by atoms with van der Waals surface area (Å²) >= 11 is 0. The van der Waals surface area contributed by atoms with Gasteiger partial charge in [0.1, 0.15) is 5.75 Å². The number of imidazole rings is 1. The summed E-state index contributed by atoms with van der Waals surface area (Å²) in [4.78, 5) is 4.36. The molecule has 0 amide bonds. The number of aryl methyl sites for hydroxylation is 1. The number of benzene rings is 1. The Morgan fingerprint density at radius 3 is 2.90 bits per heavy atom. The van der Waals surface area contributed by atoms with Crippen LogP contribution in [0.25, 0.3) is 5.69 Å². The highest BCUT2D eigenvalue weighted by Gasteiger charge is 2.22. The van der Waals surface area contributed by atoms with Crippen LogP contribution in [0.5, 0.6) is 5.75 Å². The Morgan fingerprint density at radius 2 is 2.19 bits per heavy atom. The monoisotopic (exact) mass is 285 g/mol. The first kappa shape index (κ1) is 14.1. The molecule has 1 aromatic carbocycles. The summed E-state index contributed by atoms with van der Waals surface area (Å²) in [5.41, 5.74) is 3.52. The Bertz CT molecular complexity index is 620. The number of hydrogen-bond donors (Lipinski definition) is 1. The summed E-state index contributed by atoms with van der Waals surface area (Å²) < 4.78 is 7.52. The van der Waals surface area contributed by atoms with E-state index in [0.717, 1.165) is 17.0 Å². The van der Waals surface area contributed by atoms with Crippen LogP contribution in [0, 0.1) is 6.92 Å². The Morgan fingerprint density at radius 1 is 1.33 bits per heavy atom. The van der Waals surface area contributed by atoms with E-state index in [4.69, 9.17) is 4.74 Å². The van der Waals surface area contributed by atoms with Crippen LogP contribution in [0.4, 0.5) is 0 Å². The summed E-state index contributed by atoms with van der Waals surface area (Å²) in [5, 5.41) is 3.68. The van der Waals surface area contributed by atoms with Gasteiger partial charge in [0, 0.05) is 17.8 Å². The smallest absolute Gasteiger partial charge is 0.121 e. The Kier molecular flexibility index (Phi) is 3.97. The van der Waals surface area contributed by atoms with E-state index in [1.165, 1.54) is 25.0 Å². The van der Waals surface area contributed by atoms with Crippen LogP contribution in [0.1, 0.15) is 43.5 Å². The lowest BCUT2D eigenvalue weighted by Gasteiger charge is -2.29. The molecule has 4 nitrogen and oxygen atoms in total. The fourth-order valence-corrected chi connectivity index (χ4v) is 3.16. The van der Waals surface area contributed by atoms with Gasteiger partial charge in [0.05, 0.1) is 25.3 Å². The summed E-state index contributed by atoms with van der Waals surface area (Å²) in [5.74, 6) is 0.921. The van der Waals surface area contributed by atoms with Crippen LogP contribution in [0.15, 0.2) is 30.7 Å². The lowest BCUT2D eigenvalue weighted by Crippen LogP contribution is -2.35. The topological polar surface area (TPSA) is 39.1 Å². The van der Waals surface area contributed by atoms with Gasteiger partial charge in [-0.25, -0.2) is 4.98 Å². The van der Waals surface area contributed by atoms with Crippen molar-refractivity contribution in [2.24, 2.45) is 0 Å². The predicted octanol–water partition coefficient (Wildman–Crippen LogP) is 3.39. The zero-order valence-electron chi connectivity index (χ0n) is 13.0. The van der Waals surface area contributed by atoms with Crippen LogP contribution in [0.2, 0.25) is 0 Å². The first-order valence-corrected chi connectivity index (χ1v) is 7.62. The number of rotatable bonds is 3. The molecule has 0 aliphatic carbocycles. The van der Waals surface area contributed by atoms with Gasteiger partial charge in [-0.1, -0.05) is 0 Å². The molecule has 112 valence electrons. The largest absolute Gasteiger partial charge is 0.496 e. The van der Waals surface area contributed by atoms with Gasteiger partial charge in [-0.2, -0.15) is 0 Å². The van der Waals surface area contributed by atoms with E-state index in [1.807, 2.05) is 18.6 Å². The van der Waals surface area contributed by atoms with E-state index in [9.17, 15) is 0 Å². The van der Waals surface area contributed by atoms with Crippen molar-refractivity contribution in [1.29, 1.82) is 0 Å².